The normalized spacial score (nSPS) is 10.3. The van der Waals surface area contributed by atoms with Gasteiger partial charge >= 0.3 is 0 Å². The van der Waals surface area contributed by atoms with Crippen molar-refractivity contribution in [2.24, 2.45) is 0 Å². The minimum absolute atomic E-state index is 0.551. The lowest BCUT2D eigenvalue weighted by Crippen LogP contribution is -1.79. The lowest BCUT2D eigenvalue weighted by Gasteiger charge is -1.96. The third-order valence-electron chi connectivity index (χ3n) is 1.64. The molecule has 0 bridgehead atoms. The molecule has 0 spiro atoms. The molecule has 4 heteroatoms. The van der Waals surface area contributed by atoms with Crippen LogP contribution in [0.25, 0.3) is 11.4 Å². The number of benzene rings is 1. The van der Waals surface area contributed by atoms with Crippen LogP contribution in [0.5, 0.6) is 0 Å². The van der Waals surface area contributed by atoms with Crippen LogP contribution in [-0.2, 0) is 0 Å². The zero-order valence-corrected chi connectivity index (χ0v) is 8.93. The molecule has 1 N–H and O–H groups in total. The predicted molar refractivity (Wildman–Crippen MR) is 56.7 cm³/mol. The molecule has 0 saturated carbocycles. The smallest absolute Gasteiger partial charge is 0.138 e. The lowest BCUT2D eigenvalue weighted by molar-refractivity contribution is 1.31. The number of aromatic amines is 1. The van der Waals surface area contributed by atoms with E-state index in [2.05, 4.69) is 25.9 Å². The Labute approximate surface area is 89.1 Å². The van der Waals surface area contributed by atoms with E-state index in [1.54, 1.807) is 6.20 Å². The highest BCUT2D eigenvalue weighted by Crippen LogP contribution is 2.21. The van der Waals surface area contributed by atoms with Crippen molar-refractivity contribution in [3.05, 3.63) is 40.1 Å². The first kappa shape index (κ1) is 8.78. The Morgan fingerprint density at radius 3 is 2.85 bits per heavy atom. The molecule has 2 nitrogen and oxygen atoms in total. The van der Waals surface area contributed by atoms with Crippen LogP contribution >= 0.6 is 27.5 Å². The van der Waals surface area contributed by atoms with Crippen molar-refractivity contribution in [2.45, 2.75) is 0 Å². The van der Waals surface area contributed by atoms with Crippen molar-refractivity contribution in [1.82, 2.24) is 9.97 Å². The molecule has 13 heavy (non-hydrogen) atoms. The summed E-state index contributed by atoms with van der Waals surface area (Å²) < 4.78 is 1.03. The maximum absolute atomic E-state index is 5.72. The molecule has 0 amide bonds. The maximum Gasteiger partial charge on any atom is 0.138 e. The number of rotatable bonds is 1. The van der Waals surface area contributed by atoms with Gasteiger partial charge in [0.15, 0.2) is 0 Å². The molecule has 0 saturated heterocycles. The Bertz CT molecular complexity index is 425. The molecule has 0 unspecified atom stereocenters. The first-order valence-corrected chi connectivity index (χ1v) is 4.89. The Morgan fingerprint density at radius 2 is 2.23 bits per heavy atom. The van der Waals surface area contributed by atoms with Crippen LogP contribution in [0.4, 0.5) is 0 Å². The Kier molecular flexibility index (Phi) is 2.38. The van der Waals surface area contributed by atoms with Crippen LogP contribution < -0.4 is 0 Å². The lowest BCUT2D eigenvalue weighted by atomic mass is 10.2. The highest BCUT2D eigenvalue weighted by atomic mass is 79.9. The second kappa shape index (κ2) is 3.52. The molecule has 2 rings (SSSR count). The summed E-state index contributed by atoms with van der Waals surface area (Å²) in [7, 11) is 0. The molecular weight excluding hydrogens is 251 g/mol. The van der Waals surface area contributed by atoms with Gasteiger partial charge in [-0.15, -0.1) is 0 Å². The first-order valence-electron chi connectivity index (χ1n) is 3.72. The van der Waals surface area contributed by atoms with Gasteiger partial charge in [-0.2, -0.15) is 0 Å². The molecule has 1 aromatic carbocycles. The summed E-state index contributed by atoms with van der Waals surface area (Å²) in [6.07, 6.45) is 1.60. The van der Waals surface area contributed by atoms with Gasteiger partial charge in [0.2, 0.25) is 0 Å². The van der Waals surface area contributed by atoms with Gasteiger partial charge < -0.3 is 4.98 Å². The predicted octanol–water partition coefficient (Wildman–Crippen LogP) is 3.49. The van der Waals surface area contributed by atoms with Gasteiger partial charge in [-0.25, -0.2) is 4.98 Å². The topological polar surface area (TPSA) is 28.7 Å². The van der Waals surface area contributed by atoms with Crippen molar-refractivity contribution < 1.29 is 0 Å². The number of halogens is 2. The SMILES string of the molecule is Clc1cnc(-c2cccc(Br)c2)[nH]1. The number of nitrogens with zero attached hydrogens (tertiary/aromatic N) is 1. The number of nitrogens with one attached hydrogen (secondary N) is 1. The van der Waals surface area contributed by atoms with E-state index in [9.17, 15) is 0 Å². The fourth-order valence-electron chi connectivity index (χ4n) is 1.08. The van der Waals surface area contributed by atoms with Gasteiger partial charge in [0.05, 0.1) is 6.20 Å². The van der Waals surface area contributed by atoms with E-state index in [1.807, 2.05) is 24.3 Å². The highest BCUT2D eigenvalue weighted by molar-refractivity contribution is 9.10. The van der Waals surface area contributed by atoms with Crippen molar-refractivity contribution in [3.8, 4) is 11.4 Å². The molecule has 66 valence electrons. The van der Waals surface area contributed by atoms with E-state index in [4.69, 9.17) is 11.6 Å². The van der Waals surface area contributed by atoms with Gasteiger partial charge in [0.25, 0.3) is 0 Å². The highest BCUT2D eigenvalue weighted by Gasteiger charge is 2.01. The van der Waals surface area contributed by atoms with E-state index in [0.29, 0.717) is 5.15 Å². The van der Waals surface area contributed by atoms with E-state index in [0.717, 1.165) is 15.9 Å². The standard InChI is InChI=1S/C9H6BrClN2/c10-7-3-1-2-6(4-7)9-12-5-8(11)13-9/h1-5H,(H,12,13). The summed E-state index contributed by atoms with van der Waals surface area (Å²) in [5.74, 6) is 0.784. The largest absolute Gasteiger partial charge is 0.329 e. The Morgan fingerprint density at radius 1 is 1.38 bits per heavy atom. The van der Waals surface area contributed by atoms with Crippen LogP contribution in [0.3, 0.4) is 0 Å². The van der Waals surface area contributed by atoms with Crippen molar-refractivity contribution in [2.75, 3.05) is 0 Å². The molecule has 0 fully saturated rings. The fourth-order valence-corrected chi connectivity index (χ4v) is 1.62. The van der Waals surface area contributed by atoms with E-state index in [1.165, 1.54) is 0 Å². The van der Waals surface area contributed by atoms with Crippen LogP contribution in [0.2, 0.25) is 5.15 Å². The number of hydrogen-bond donors (Lipinski definition) is 1. The molecule has 1 aromatic heterocycles. The van der Waals surface area contributed by atoms with Crippen molar-refractivity contribution >= 4 is 27.5 Å². The van der Waals surface area contributed by atoms with Crippen molar-refractivity contribution in [1.29, 1.82) is 0 Å². The number of imidazole rings is 1. The summed E-state index contributed by atoms with van der Waals surface area (Å²) in [4.78, 5) is 7.07. The molecule has 2 aromatic rings. The van der Waals surface area contributed by atoms with Crippen LogP contribution in [0, 0.1) is 0 Å². The van der Waals surface area contributed by atoms with Gasteiger partial charge in [-0.3, -0.25) is 0 Å². The summed E-state index contributed by atoms with van der Waals surface area (Å²) in [5, 5.41) is 0.551. The van der Waals surface area contributed by atoms with Gasteiger partial charge in [0.1, 0.15) is 11.0 Å². The minimum atomic E-state index is 0.551. The second-order valence-corrected chi connectivity index (χ2v) is 3.91. The number of aromatic nitrogens is 2. The molecule has 0 aliphatic heterocycles. The van der Waals surface area contributed by atoms with Gasteiger partial charge in [-0.05, 0) is 12.1 Å². The molecular formula is C9H6BrClN2. The minimum Gasteiger partial charge on any atom is -0.329 e. The van der Waals surface area contributed by atoms with Crippen LogP contribution in [-0.4, -0.2) is 9.97 Å². The molecule has 0 aliphatic carbocycles. The quantitative estimate of drug-likeness (QED) is 0.832. The monoisotopic (exact) mass is 256 g/mol. The summed E-state index contributed by atoms with van der Waals surface area (Å²) >= 11 is 9.11. The molecule has 0 atom stereocenters. The summed E-state index contributed by atoms with van der Waals surface area (Å²) in [6.45, 7) is 0. The Hall–Kier alpha value is -0.800. The molecule has 0 aliphatic rings. The van der Waals surface area contributed by atoms with E-state index >= 15 is 0 Å². The maximum atomic E-state index is 5.72. The van der Waals surface area contributed by atoms with E-state index in [-0.39, 0.29) is 0 Å². The number of H-pyrrole nitrogens is 1. The van der Waals surface area contributed by atoms with Crippen LogP contribution in [0.15, 0.2) is 34.9 Å². The second-order valence-electron chi connectivity index (χ2n) is 2.59. The number of hydrogen-bond acceptors (Lipinski definition) is 1. The van der Waals surface area contributed by atoms with Crippen LogP contribution in [0.1, 0.15) is 0 Å². The molecule has 0 radical (unpaired) electrons. The fraction of sp³-hybridized carbons (Fsp3) is 0. The van der Waals surface area contributed by atoms with Crippen molar-refractivity contribution in [3.63, 3.8) is 0 Å². The van der Waals surface area contributed by atoms with Gasteiger partial charge in [-0.1, -0.05) is 39.7 Å². The zero-order valence-electron chi connectivity index (χ0n) is 6.59. The molecule has 1 heterocycles. The Balaban J connectivity index is 2.46. The average molecular weight is 258 g/mol. The summed E-state index contributed by atoms with van der Waals surface area (Å²) in [5.41, 5.74) is 1.02. The third-order valence-corrected chi connectivity index (χ3v) is 2.33. The zero-order chi connectivity index (χ0) is 9.26. The van der Waals surface area contributed by atoms with Gasteiger partial charge in [0, 0.05) is 10.0 Å². The average Bonchev–Trinajstić information content (AvgIpc) is 2.52. The first-order chi connectivity index (χ1) is 6.25. The van der Waals surface area contributed by atoms with E-state index < -0.39 is 0 Å². The summed E-state index contributed by atoms with van der Waals surface area (Å²) in [6, 6.07) is 7.87. The third kappa shape index (κ3) is 1.92.